The maximum atomic E-state index is 11.5. The fourth-order valence-corrected chi connectivity index (χ4v) is 3.09. The number of methoxy groups -OCH3 is 1. The van der Waals surface area contributed by atoms with Crippen LogP contribution in [0.3, 0.4) is 0 Å². The molecule has 1 aromatic rings. The number of pyridine rings is 1. The van der Waals surface area contributed by atoms with E-state index in [0.717, 1.165) is 6.54 Å². The van der Waals surface area contributed by atoms with E-state index in [9.17, 15) is 4.79 Å². The number of ether oxygens (including phenoxy) is 1. The molecule has 0 aliphatic carbocycles. The Morgan fingerprint density at radius 3 is 3.29 bits per heavy atom. The Kier molecular flexibility index (Phi) is 4.25. The van der Waals surface area contributed by atoms with Gasteiger partial charge in [-0.2, -0.15) is 11.8 Å². The van der Waals surface area contributed by atoms with Crippen LogP contribution < -0.4 is 5.32 Å². The standard InChI is InChI=1S/C12H16N2O2S/c1-16-12(15)10-3-2-5-13-11(10)14-7-9-4-6-17-8-9/h2-3,5,9H,4,6-8H2,1H3,(H,13,14). The Labute approximate surface area is 105 Å². The van der Waals surface area contributed by atoms with Crippen LogP contribution in [0.1, 0.15) is 16.8 Å². The van der Waals surface area contributed by atoms with Crippen molar-refractivity contribution in [3.8, 4) is 0 Å². The second-order valence-corrected chi connectivity index (χ2v) is 5.15. The Bertz CT molecular complexity index is 392. The van der Waals surface area contributed by atoms with Crippen LogP contribution in [-0.4, -0.2) is 36.1 Å². The minimum absolute atomic E-state index is 0.346. The van der Waals surface area contributed by atoms with Crippen LogP contribution in [0.5, 0.6) is 0 Å². The molecular weight excluding hydrogens is 236 g/mol. The summed E-state index contributed by atoms with van der Waals surface area (Å²) < 4.78 is 4.73. The third-order valence-corrected chi connectivity index (χ3v) is 4.03. The van der Waals surface area contributed by atoms with Crippen molar-refractivity contribution in [2.45, 2.75) is 6.42 Å². The summed E-state index contributed by atoms with van der Waals surface area (Å²) in [4.78, 5) is 15.7. The number of nitrogens with one attached hydrogen (secondary N) is 1. The summed E-state index contributed by atoms with van der Waals surface area (Å²) in [5, 5.41) is 3.25. The van der Waals surface area contributed by atoms with Crippen LogP contribution in [0.2, 0.25) is 0 Å². The van der Waals surface area contributed by atoms with Gasteiger partial charge in [-0.3, -0.25) is 0 Å². The lowest BCUT2D eigenvalue weighted by atomic mass is 10.1. The van der Waals surface area contributed by atoms with Gasteiger partial charge in [-0.05, 0) is 36.0 Å². The Hall–Kier alpha value is -1.23. The van der Waals surface area contributed by atoms with Gasteiger partial charge >= 0.3 is 5.97 Å². The third kappa shape index (κ3) is 3.12. The number of hydrogen-bond acceptors (Lipinski definition) is 5. The minimum atomic E-state index is -0.346. The van der Waals surface area contributed by atoms with Crippen molar-refractivity contribution >= 4 is 23.5 Å². The molecule has 0 bridgehead atoms. The summed E-state index contributed by atoms with van der Waals surface area (Å²) in [7, 11) is 1.38. The second kappa shape index (κ2) is 5.91. The van der Waals surface area contributed by atoms with E-state index in [1.54, 1.807) is 18.3 Å². The third-order valence-electron chi connectivity index (χ3n) is 2.80. The average molecular weight is 252 g/mol. The topological polar surface area (TPSA) is 51.2 Å². The Morgan fingerprint density at radius 1 is 1.71 bits per heavy atom. The summed E-state index contributed by atoms with van der Waals surface area (Å²) in [6.07, 6.45) is 2.91. The van der Waals surface area contributed by atoms with Crippen molar-refractivity contribution in [1.82, 2.24) is 4.98 Å². The number of esters is 1. The highest BCUT2D eigenvalue weighted by molar-refractivity contribution is 7.99. The second-order valence-electron chi connectivity index (χ2n) is 4.00. The molecule has 0 spiro atoms. The molecule has 92 valence electrons. The molecule has 2 rings (SSSR count). The van der Waals surface area contributed by atoms with Crippen molar-refractivity contribution in [3.63, 3.8) is 0 Å². The normalized spacial score (nSPS) is 19.0. The molecule has 0 saturated carbocycles. The zero-order chi connectivity index (χ0) is 12.1. The predicted octanol–water partition coefficient (Wildman–Crippen LogP) is 2.03. The fourth-order valence-electron chi connectivity index (χ4n) is 1.81. The van der Waals surface area contributed by atoms with E-state index in [-0.39, 0.29) is 5.97 Å². The van der Waals surface area contributed by atoms with E-state index in [2.05, 4.69) is 10.3 Å². The minimum Gasteiger partial charge on any atom is -0.465 e. The first kappa shape index (κ1) is 12.2. The molecule has 0 amide bonds. The van der Waals surface area contributed by atoms with E-state index in [0.29, 0.717) is 17.3 Å². The number of hydrogen-bond donors (Lipinski definition) is 1. The zero-order valence-corrected chi connectivity index (χ0v) is 10.6. The SMILES string of the molecule is COC(=O)c1cccnc1NCC1CCSC1. The van der Waals surface area contributed by atoms with Gasteiger partial charge in [0.2, 0.25) is 0 Å². The molecule has 1 aliphatic heterocycles. The molecule has 1 fully saturated rings. The molecule has 2 heterocycles. The van der Waals surface area contributed by atoms with E-state index in [1.165, 1.54) is 25.0 Å². The van der Waals surface area contributed by atoms with E-state index in [4.69, 9.17) is 4.74 Å². The van der Waals surface area contributed by atoms with Gasteiger partial charge in [0.05, 0.1) is 7.11 Å². The summed E-state index contributed by atoms with van der Waals surface area (Å²) in [6.45, 7) is 0.869. The molecule has 1 aromatic heterocycles. The van der Waals surface area contributed by atoms with Gasteiger partial charge < -0.3 is 10.1 Å². The van der Waals surface area contributed by atoms with Crippen LogP contribution in [0, 0.1) is 5.92 Å². The molecular formula is C12H16N2O2S. The van der Waals surface area contributed by atoms with Gasteiger partial charge in [-0.1, -0.05) is 0 Å². The van der Waals surface area contributed by atoms with Crippen molar-refractivity contribution < 1.29 is 9.53 Å². The highest BCUT2D eigenvalue weighted by Crippen LogP contribution is 2.24. The summed E-state index contributed by atoms with van der Waals surface area (Å²) >= 11 is 1.98. The molecule has 4 nitrogen and oxygen atoms in total. The summed E-state index contributed by atoms with van der Waals surface area (Å²) in [5.74, 6) is 3.37. The summed E-state index contributed by atoms with van der Waals surface area (Å²) in [5.41, 5.74) is 0.501. The number of rotatable bonds is 4. The van der Waals surface area contributed by atoms with Crippen molar-refractivity contribution in [3.05, 3.63) is 23.9 Å². The highest BCUT2D eigenvalue weighted by atomic mass is 32.2. The van der Waals surface area contributed by atoms with Crippen molar-refractivity contribution in [2.75, 3.05) is 30.5 Å². The molecule has 1 saturated heterocycles. The van der Waals surface area contributed by atoms with Gasteiger partial charge in [0.25, 0.3) is 0 Å². The van der Waals surface area contributed by atoms with Gasteiger partial charge in [0.1, 0.15) is 11.4 Å². The molecule has 0 aromatic carbocycles. The van der Waals surface area contributed by atoms with E-state index < -0.39 is 0 Å². The molecule has 1 unspecified atom stereocenters. The van der Waals surface area contributed by atoms with E-state index >= 15 is 0 Å². The number of nitrogens with zero attached hydrogens (tertiary/aromatic N) is 1. The van der Waals surface area contributed by atoms with Crippen LogP contribution in [-0.2, 0) is 4.74 Å². The molecule has 1 atom stereocenters. The van der Waals surface area contributed by atoms with Crippen LogP contribution in [0.4, 0.5) is 5.82 Å². The molecule has 5 heteroatoms. The lowest BCUT2D eigenvalue weighted by Gasteiger charge is -2.12. The van der Waals surface area contributed by atoms with Crippen LogP contribution in [0.25, 0.3) is 0 Å². The summed E-state index contributed by atoms with van der Waals surface area (Å²) in [6, 6.07) is 3.47. The molecule has 1 aliphatic rings. The smallest absolute Gasteiger partial charge is 0.341 e. The zero-order valence-electron chi connectivity index (χ0n) is 9.81. The predicted molar refractivity (Wildman–Crippen MR) is 69.5 cm³/mol. The van der Waals surface area contributed by atoms with Gasteiger partial charge in [-0.25, -0.2) is 9.78 Å². The first-order chi connectivity index (χ1) is 8.31. The van der Waals surface area contributed by atoms with Crippen LogP contribution in [0.15, 0.2) is 18.3 Å². The van der Waals surface area contributed by atoms with Gasteiger partial charge in [-0.15, -0.1) is 0 Å². The highest BCUT2D eigenvalue weighted by Gasteiger charge is 2.17. The van der Waals surface area contributed by atoms with Crippen molar-refractivity contribution in [1.29, 1.82) is 0 Å². The molecule has 17 heavy (non-hydrogen) atoms. The van der Waals surface area contributed by atoms with E-state index in [1.807, 2.05) is 11.8 Å². The average Bonchev–Trinajstić information content (AvgIpc) is 2.89. The number of anilines is 1. The first-order valence-corrected chi connectivity index (χ1v) is 6.81. The maximum Gasteiger partial charge on any atom is 0.341 e. The van der Waals surface area contributed by atoms with Gasteiger partial charge in [0, 0.05) is 12.7 Å². The number of aromatic nitrogens is 1. The van der Waals surface area contributed by atoms with Crippen molar-refractivity contribution in [2.24, 2.45) is 5.92 Å². The number of carbonyl (C=O) groups is 1. The monoisotopic (exact) mass is 252 g/mol. The number of thioether (sulfide) groups is 1. The fraction of sp³-hybridized carbons (Fsp3) is 0.500. The lowest BCUT2D eigenvalue weighted by Crippen LogP contribution is -2.17. The first-order valence-electron chi connectivity index (χ1n) is 5.66. The maximum absolute atomic E-state index is 11.5. The number of carbonyl (C=O) groups excluding carboxylic acids is 1. The van der Waals surface area contributed by atoms with Crippen LogP contribution >= 0.6 is 11.8 Å². The Morgan fingerprint density at radius 2 is 2.59 bits per heavy atom. The lowest BCUT2D eigenvalue weighted by molar-refractivity contribution is 0.0601. The largest absolute Gasteiger partial charge is 0.465 e. The molecule has 1 N–H and O–H groups in total. The van der Waals surface area contributed by atoms with Gasteiger partial charge in [0.15, 0.2) is 0 Å². The quantitative estimate of drug-likeness (QED) is 0.831. The molecule has 0 radical (unpaired) electrons. The Balaban J connectivity index is 2.01.